The highest BCUT2D eigenvalue weighted by Gasteiger charge is 2.32. The topological polar surface area (TPSA) is 35.2 Å². The first-order valence-corrected chi connectivity index (χ1v) is 5.07. The van der Waals surface area contributed by atoms with Crippen LogP contribution in [0, 0.1) is 5.92 Å². The standard InChI is InChI=1S/C11H12F3NO.ClH/c12-11(13,14)16-9-5-3-8(4-6-9)10(15)7-1-2-7;/h3-7,10H,1-2,15H2;1H/t10-;/m0./s1. The van der Waals surface area contributed by atoms with Gasteiger partial charge >= 0.3 is 6.36 Å². The Morgan fingerprint density at radius 2 is 1.71 bits per heavy atom. The second kappa shape index (κ2) is 5.14. The van der Waals surface area contributed by atoms with Gasteiger partial charge in [0.1, 0.15) is 5.75 Å². The van der Waals surface area contributed by atoms with Crippen molar-refractivity contribution < 1.29 is 17.9 Å². The van der Waals surface area contributed by atoms with Crippen LogP contribution in [0.5, 0.6) is 5.75 Å². The summed E-state index contributed by atoms with van der Waals surface area (Å²) in [6.45, 7) is 0. The van der Waals surface area contributed by atoms with Crippen LogP contribution in [0.1, 0.15) is 24.4 Å². The second-order valence-corrected chi connectivity index (χ2v) is 3.98. The van der Waals surface area contributed by atoms with E-state index < -0.39 is 6.36 Å². The Bertz CT molecular complexity index is 362. The predicted octanol–water partition coefficient (Wildman–Crippen LogP) is 3.42. The molecule has 0 unspecified atom stereocenters. The van der Waals surface area contributed by atoms with Gasteiger partial charge in [0.15, 0.2) is 0 Å². The van der Waals surface area contributed by atoms with Crippen LogP contribution < -0.4 is 10.5 Å². The minimum absolute atomic E-state index is 0. The van der Waals surface area contributed by atoms with Crippen molar-refractivity contribution in [3.05, 3.63) is 29.8 Å². The van der Waals surface area contributed by atoms with Crippen molar-refractivity contribution in [2.75, 3.05) is 0 Å². The molecule has 2 N–H and O–H groups in total. The monoisotopic (exact) mass is 267 g/mol. The van der Waals surface area contributed by atoms with E-state index in [9.17, 15) is 13.2 Å². The summed E-state index contributed by atoms with van der Waals surface area (Å²) in [5.41, 5.74) is 6.77. The lowest BCUT2D eigenvalue weighted by molar-refractivity contribution is -0.274. The number of rotatable bonds is 3. The summed E-state index contributed by atoms with van der Waals surface area (Å²) in [6, 6.07) is 5.70. The zero-order chi connectivity index (χ0) is 11.8. The molecule has 1 saturated carbocycles. The van der Waals surface area contributed by atoms with Gasteiger partial charge < -0.3 is 10.5 Å². The van der Waals surface area contributed by atoms with Crippen molar-refractivity contribution >= 4 is 12.4 Å². The molecule has 6 heteroatoms. The van der Waals surface area contributed by atoms with Gasteiger partial charge in [0, 0.05) is 6.04 Å². The lowest BCUT2D eigenvalue weighted by atomic mass is 10.0. The van der Waals surface area contributed by atoms with E-state index in [0.29, 0.717) is 5.92 Å². The maximum absolute atomic E-state index is 11.9. The molecular formula is C11H13ClF3NO. The summed E-state index contributed by atoms with van der Waals surface area (Å²) in [6.07, 6.45) is -2.44. The van der Waals surface area contributed by atoms with E-state index in [2.05, 4.69) is 4.74 Å². The van der Waals surface area contributed by atoms with Crippen molar-refractivity contribution in [1.82, 2.24) is 0 Å². The molecule has 1 atom stereocenters. The largest absolute Gasteiger partial charge is 0.573 e. The van der Waals surface area contributed by atoms with Gasteiger partial charge in [-0.3, -0.25) is 0 Å². The molecule has 0 heterocycles. The Morgan fingerprint density at radius 3 is 2.12 bits per heavy atom. The first-order chi connectivity index (χ1) is 7.46. The van der Waals surface area contributed by atoms with Crippen LogP contribution in [0.15, 0.2) is 24.3 Å². The van der Waals surface area contributed by atoms with Gasteiger partial charge in [-0.25, -0.2) is 0 Å². The smallest absolute Gasteiger partial charge is 0.406 e. The minimum atomic E-state index is -4.64. The molecule has 0 spiro atoms. The molecule has 1 aromatic rings. The number of nitrogens with two attached hydrogens (primary N) is 1. The minimum Gasteiger partial charge on any atom is -0.406 e. The SMILES string of the molecule is Cl.N[C@H](c1ccc(OC(F)(F)F)cc1)C1CC1. The van der Waals surface area contributed by atoms with E-state index in [0.717, 1.165) is 18.4 Å². The molecule has 1 fully saturated rings. The molecule has 0 amide bonds. The molecule has 0 bridgehead atoms. The Labute approximate surface area is 103 Å². The summed E-state index contributed by atoms with van der Waals surface area (Å²) >= 11 is 0. The summed E-state index contributed by atoms with van der Waals surface area (Å²) in [5.74, 6) is 0.272. The summed E-state index contributed by atoms with van der Waals surface area (Å²) in [4.78, 5) is 0. The van der Waals surface area contributed by atoms with Gasteiger partial charge in [0.05, 0.1) is 0 Å². The summed E-state index contributed by atoms with van der Waals surface area (Å²) < 4.78 is 39.4. The van der Waals surface area contributed by atoms with E-state index in [1.807, 2.05) is 0 Å². The highest BCUT2D eigenvalue weighted by Crippen LogP contribution is 2.39. The second-order valence-electron chi connectivity index (χ2n) is 3.98. The van der Waals surface area contributed by atoms with Gasteiger partial charge in [-0.05, 0) is 36.5 Å². The van der Waals surface area contributed by atoms with Crippen molar-refractivity contribution in [3.8, 4) is 5.75 Å². The number of benzene rings is 1. The van der Waals surface area contributed by atoms with Crippen LogP contribution in [0.2, 0.25) is 0 Å². The van der Waals surface area contributed by atoms with E-state index in [-0.39, 0.29) is 24.2 Å². The number of hydrogen-bond acceptors (Lipinski definition) is 2. The molecule has 96 valence electrons. The molecule has 2 rings (SSSR count). The third-order valence-electron chi connectivity index (χ3n) is 2.63. The first kappa shape index (κ1) is 14.1. The Kier molecular flexibility index (Phi) is 4.27. The molecule has 1 aromatic carbocycles. The van der Waals surface area contributed by atoms with Crippen molar-refractivity contribution in [3.63, 3.8) is 0 Å². The Hall–Kier alpha value is -0.940. The number of ether oxygens (including phenoxy) is 1. The molecule has 17 heavy (non-hydrogen) atoms. The molecule has 0 aliphatic heterocycles. The lowest BCUT2D eigenvalue weighted by Crippen LogP contribution is -2.17. The maximum atomic E-state index is 11.9. The third-order valence-corrected chi connectivity index (χ3v) is 2.63. The summed E-state index contributed by atoms with van der Waals surface area (Å²) in [7, 11) is 0. The average molecular weight is 268 g/mol. The lowest BCUT2D eigenvalue weighted by Gasteiger charge is -2.12. The maximum Gasteiger partial charge on any atom is 0.573 e. The van der Waals surface area contributed by atoms with Crippen LogP contribution in [0.4, 0.5) is 13.2 Å². The van der Waals surface area contributed by atoms with Gasteiger partial charge in [-0.1, -0.05) is 12.1 Å². The van der Waals surface area contributed by atoms with Gasteiger partial charge in [-0.2, -0.15) is 0 Å². The third kappa shape index (κ3) is 4.09. The van der Waals surface area contributed by atoms with Crippen LogP contribution in [0.3, 0.4) is 0 Å². The Morgan fingerprint density at radius 1 is 1.18 bits per heavy atom. The zero-order valence-corrected chi connectivity index (χ0v) is 9.72. The number of alkyl halides is 3. The zero-order valence-electron chi connectivity index (χ0n) is 8.91. The van der Waals surface area contributed by atoms with Crippen LogP contribution in [0.25, 0.3) is 0 Å². The number of halogens is 4. The predicted molar refractivity (Wildman–Crippen MR) is 60.0 cm³/mol. The van der Waals surface area contributed by atoms with Crippen molar-refractivity contribution in [2.45, 2.75) is 25.2 Å². The quantitative estimate of drug-likeness (QED) is 0.911. The normalized spacial score (nSPS) is 17.2. The van der Waals surface area contributed by atoms with E-state index >= 15 is 0 Å². The fraction of sp³-hybridized carbons (Fsp3) is 0.455. The highest BCUT2D eigenvalue weighted by atomic mass is 35.5. The first-order valence-electron chi connectivity index (χ1n) is 5.07. The van der Waals surface area contributed by atoms with E-state index in [4.69, 9.17) is 5.73 Å². The molecule has 0 radical (unpaired) electrons. The molecule has 0 aromatic heterocycles. The average Bonchev–Trinajstić information content (AvgIpc) is 2.98. The van der Waals surface area contributed by atoms with Crippen LogP contribution >= 0.6 is 12.4 Å². The van der Waals surface area contributed by atoms with Gasteiger partial charge in [0.2, 0.25) is 0 Å². The molecule has 1 aliphatic carbocycles. The van der Waals surface area contributed by atoms with Crippen molar-refractivity contribution in [1.29, 1.82) is 0 Å². The fourth-order valence-corrected chi connectivity index (χ4v) is 1.62. The molecular weight excluding hydrogens is 255 g/mol. The van der Waals surface area contributed by atoms with Gasteiger partial charge in [-0.15, -0.1) is 25.6 Å². The Balaban J connectivity index is 0.00000144. The fourth-order valence-electron chi connectivity index (χ4n) is 1.62. The highest BCUT2D eigenvalue weighted by molar-refractivity contribution is 5.85. The van der Waals surface area contributed by atoms with Crippen LogP contribution in [-0.2, 0) is 0 Å². The molecule has 0 saturated heterocycles. The van der Waals surface area contributed by atoms with E-state index in [1.165, 1.54) is 12.1 Å². The molecule has 1 aliphatic rings. The number of hydrogen-bond donors (Lipinski definition) is 1. The summed E-state index contributed by atoms with van der Waals surface area (Å²) in [5, 5.41) is 0. The van der Waals surface area contributed by atoms with Crippen LogP contribution in [-0.4, -0.2) is 6.36 Å². The molecule has 2 nitrogen and oxygen atoms in total. The van der Waals surface area contributed by atoms with E-state index in [1.54, 1.807) is 12.1 Å². The van der Waals surface area contributed by atoms with Crippen molar-refractivity contribution in [2.24, 2.45) is 11.7 Å². The van der Waals surface area contributed by atoms with Gasteiger partial charge in [0.25, 0.3) is 0 Å².